The summed E-state index contributed by atoms with van der Waals surface area (Å²) < 4.78 is 9.68. The Balaban J connectivity index is 0.000000362. The van der Waals surface area contributed by atoms with Gasteiger partial charge in [0, 0.05) is 12.4 Å². The summed E-state index contributed by atoms with van der Waals surface area (Å²) in [7, 11) is 0. The molecule has 11 heteroatoms. The van der Waals surface area contributed by atoms with Gasteiger partial charge in [0.25, 0.3) is 0 Å². The number of aromatic nitrogens is 2. The molecule has 0 radical (unpaired) electrons. The second kappa shape index (κ2) is 12.3. The number of hydrogen-bond acceptors (Lipinski definition) is 6. The first-order chi connectivity index (χ1) is 13.2. The van der Waals surface area contributed by atoms with Crippen LogP contribution in [0.25, 0.3) is 0 Å². The molecule has 0 aliphatic rings. The number of rotatable bonds is 5. The van der Waals surface area contributed by atoms with Crippen molar-refractivity contribution in [2.24, 2.45) is 0 Å². The summed E-state index contributed by atoms with van der Waals surface area (Å²) in [5.74, 6) is -2.81. The van der Waals surface area contributed by atoms with Gasteiger partial charge in [-0.3, -0.25) is 14.6 Å². The summed E-state index contributed by atoms with van der Waals surface area (Å²) in [5, 5.41) is 1.56. The van der Waals surface area contributed by atoms with Crippen molar-refractivity contribution in [3.05, 3.63) is 55.5 Å². The summed E-state index contributed by atoms with van der Waals surface area (Å²) in [6.07, 6.45) is 2.74. The van der Waals surface area contributed by atoms with Crippen molar-refractivity contribution in [1.82, 2.24) is 9.97 Å². The Bertz CT molecular complexity index is 817. The van der Waals surface area contributed by atoms with Gasteiger partial charge in [0.2, 0.25) is 0 Å². The zero-order valence-electron chi connectivity index (χ0n) is 14.7. The lowest BCUT2D eigenvalue weighted by molar-refractivity contribution is -0.157. The number of halogens is 5. The molecular formula is C17H15Cl5N2O4. The smallest absolute Gasteiger partial charge is 0.326 e. The molecule has 0 bridgehead atoms. The second-order valence-corrected chi connectivity index (χ2v) is 6.93. The van der Waals surface area contributed by atoms with E-state index in [0.717, 1.165) is 0 Å². The van der Waals surface area contributed by atoms with Crippen LogP contribution in [0, 0.1) is 0 Å². The van der Waals surface area contributed by atoms with Gasteiger partial charge in [0.15, 0.2) is 5.92 Å². The van der Waals surface area contributed by atoms with Gasteiger partial charge in [0.1, 0.15) is 5.15 Å². The van der Waals surface area contributed by atoms with Gasteiger partial charge in [-0.25, -0.2) is 4.98 Å². The third-order valence-corrected chi connectivity index (χ3v) is 4.32. The molecule has 28 heavy (non-hydrogen) atoms. The average Bonchev–Trinajstić information content (AvgIpc) is 2.62. The molecule has 2 rings (SSSR count). The SMILES string of the molecule is CCOC(=O)C(C(=O)OCC)c1ncc(Cl)cc1Cl.Clc1cnc(Cl)c(Cl)c1. The monoisotopic (exact) mass is 486 g/mol. The first kappa shape index (κ1) is 24.7. The van der Waals surface area contributed by atoms with Crippen molar-refractivity contribution < 1.29 is 19.1 Å². The van der Waals surface area contributed by atoms with Gasteiger partial charge < -0.3 is 9.47 Å². The number of hydrogen-bond donors (Lipinski definition) is 0. The Morgan fingerprint density at radius 1 is 0.857 bits per heavy atom. The van der Waals surface area contributed by atoms with Crippen molar-refractivity contribution in [3.63, 3.8) is 0 Å². The van der Waals surface area contributed by atoms with E-state index >= 15 is 0 Å². The minimum Gasteiger partial charge on any atom is -0.465 e. The number of carbonyl (C=O) groups is 2. The van der Waals surface area contributed by atoms with Crippen molar-refractivity contribution in [3.8, 4) is 0 Å². The van der Waals surface area contributed by atoms with Crippen molar-refractivity contribution in [1.29, 1.82) is 0 Å². The number of pyridine rings is 2. The summed E-state index contributed by atoms with van der Waals surface area (Å²) in [4.78, 5) is 31.3. The van der Waals surface area contributed by atoms with Crippen LogP contribution < -0.4 is 0 Å². The maximum atomic E-state index is 11.8. The molecule has 2 aromatic heterocycles. The Kier molecular flexibility index (Phi) is 10.9. The molecule has 6 nitrogen and oxygen atoms in total. The molecule has 0 aromatic carbocycles. The van der Waals surface area contributed by atoms with E-state index in [9.17, 15) is 9.59 Å². The molecule has 0 aliphatic carbocycles. The van der Waals surface area contributed by atoms with Gasteiger partial charge in [-0.15, -0.1) is 0 Å². The summed E-state index contributed by atoms with van der Waals surface area (Å²) in [6, 6.07) is 2.94. The van der Waals surface area contributed by atoms with Crippen LogP contribution in [0.3, 0.4) is 0 Å². The molecule has 0 spiro atoms. The van der Waals surface area contributed by atoms with E-state index < -0.39 is 17.9 Å². The zero-order chi connectivity index (χ0) is 21.3. The van der Waals surface area contributed by atoms with Crippen molar-refractivity contribution in [2.45, 2.75) is 19.8 Å². The molecule has 2 aromatic rings. The fourth-order valence-corrected chi connectivity index (χ4v) is 2.78. The van der Waals surface area contributed by atoms with E-state index in [-0.39, 0.29) is 29.1 Å². The lowest BCUT2D eigenvalue weighted by atomic mass is 10.1. The number of ether oxygens (including phenoxy) is 2. The lowest BCUT2D eigenvalue weighted by Gasteiger charge is -2.15. The highest BCUT2D eigenvalue weighted by atomic mass is 35.5. The number of nitrogens with zero attached hydrogens (tertiary/aromatic N) is 2. The molecule has 0 unspecified atom stereocenters. The van der Waals surface area contributed by atoms with Crippen LogP contribution in [0.15, 0.2) is 24.5 Å². The van der Waals surface area contributed by atoms with Crippen LogP contribution in [-0.4, -0.2) is 35.1 Å². The maximum Gasteiger partial charge on any atom is 0.326 e. The highest BCUT2D eigenvalue weighted by molar-refractivity contribution is 6.42. The van der Waals surface area contributed by atoms with E-state index in [4.69, 9.17) is 67.5 Å². The second-order valence-electron chi connectivity index (χ2n) is 4.88. The first-order valence-electron chi connectivity index (χ1n) is 7.81. The van der Waals surface area contributed by atoms with Crippen LogP contribution in [-0.2, 0) is 19.1 Å². The highest BCUT2D eigenvalue weighted by Crippen LogP contribution is 2.27. The average molecular weight is 489 g/mol. The van der Waals surface area contributed by atoms with Crippen LogP contribution in [0.5, 0.6) is 0 Å². The zero-order valence-corrected chi connectivity index (χ0v) is 18.5. The molecule has 0 saturated heterocycles. The normalized spacial score (nSPS) is 10.1. The summed E-state index contributed by atoms with van der Waals surface area (Å²) in [6.45, 7) is 3.55. The maximum absolute atomic E-state index is 11.8. The summed E-state index contributed by atoms with van der Waals surface area (Å²) in [5.41, 5.74) is 0.0722. The first-order valence-corrected chi connectivity index (χ1v) is 9.70. The quantitative estimate of drug-likeness (QED) is 0.308. The molecule has 2 heterocycles. The Morgan fingerprint density at radius 3 is 1.71 bits per heavy atom. The molecular weight excluding hydrogens is 473 g/mol. The summed E-state index contributed by atoms with van der Waals surface area (Å²) >= 11 is 28.2. The fourth-order valence-electron chi connectivity index (χ4n) is 1.81. The third-order valence-electron chi connectivity index (χ3n) is 2.92. The Hall–Kier alpha value is -1.31. The van der Waals surface area contributed by atoms with Crippen LogP contribution in [0.4, 0.5) is 0 Å². The van der Waals surface area contributed by atoms with Gasteiger partial charge in [-0.2, -0.15) is 0 Å². The third kappa shape index (κ3) is 7.60. The molecule has 0 atom stereocenters. The molecule has 0 fully saturated rings. The highest BCUT2D eigenvalue weighted by Gasteiger charge is 2.34. The number of carbonyl (C=O) groups excluding carboxylic acids is 2. The molecule has 0 N–H and O–H groups in total. The Morgan fingerprint density at radius 2 is 1.32 bits per heavy atom. The molecule has 0 amide bonds. The van der Waals surface area contributed by atoms with Gasteiger partial charge in [-0.05, 0) is 26.0 Å². The van der Waals surface area contributed by atoms with Gasteiger partial charge in [0.05, 0.1) is 39.0 Å². The fraction of sp³-hybridized carbons (Fsp3) is 0.294. The predicted octanol–water partition coefficient (Wildman–Crippen LogP) is 5.64. The van der Waals surface area contributed by atoms with Crippen LogP contribution in [0.2, 0.25) is 25.2 Å². The standard InChI is InChI=1S/C12H13Cl2NO4.C5H2Cl3N/c1-3-18-11(16)9(12(17)19-4-2)10-8(14)5-7(13)6-15-10;6-3-1-4(7)5(8)9-2-3/h5-6,9H,3-4H2,1-2H3;1-2H. The van der Waals surface area contributed by atoms with Crippen molar-refractivity contribution >= 4 is 69.9 Å². The minimum atomic E-state index is -1.30. The molecule has 152 valence electrons. The number of esters is 2. The van der Waals surface area contributed by atoms with Crippen LogP contribution >= 0.6 is 58.0 Å². The largest absolute Gasteiger partial charge is 0.465 e. The van der Waals surface area contributed by atoms with Gasteiger partial charge in [-0.1, -0.05) is 58.0 Å². The minimum absolute atomic E-state index is 0.0722. The van der Waals surface area contributed by atoms with E-state index in [1.807, 2.05) is 0 Å². The Labute approximate surface area is 187 Å². The lowest BCUT2D eigenvalue weighted by Crippen LogP contribution is -2.27. The van der Waals surface area contributed by atoms with E-state index in [0.29, 0.717) is 15.1 Å². The van der Waals surface area contributed by atoms with Crippen molar-refractivity contribution in [2.75, 3.05) is 13.2 Å². The predicted molar refractivity (Wildman–Crippen MR) is 110 cm³/mol. The van der Waals surface area contributed by atoms with E-state index in [2.05, 4.69) is 9.97 Å². The van der Waals surface area contributed by atoms with Gasteiger partial charge >= 0.3 is 11.9 Å². The topological polar surface area (TPSA) is 78.4 Å². The van der Waals surface area contributed by atoms with E-state index in [1.54, 1.807) is 19.9 Å². The molecule has 0 saturated carbocycles. The molecule has 0 aliphatic heterocycles. The van der Waals surface area contributed by atoms with Crippen LogP contribution in [0.1, 0.15) is 25.5 Å². The van der Waals surface area contributed by atoms with E-state index in [1.165, 1.54) is 18.5 Å².